The molecule has 23 heavy (non-hydrogen) atoms. The van der Waals surface area contributed by atoms with E-state index in [0.717, 1.165) is 6.54 Å². The number of rotatable bonds is 8. The molecule has 0 fully saturated rings. The fourth-order valence-electron chi connectivity index (χ4n) is 2.53. The third-order valence-corrected chi connectivity index (χ3v) is 3.66. The maximum Gasteiger partial charge on any atom is 0.0900 e. The summed E-state index contributed by atoms with van der Waals surface area (Å²) >= 11 is 0. The first kappa shape index (κ1) is 17.7. The Kier molecular flexibility index (Phi) is 6.78. The molecule has 0 radical (unpaired) electrons. The third-order valence-electron chi connectivity index (χ3n) is 3.66. The quantitative estimate of drug-likeness (QED) is 0.808. The molecule has 1 atom stereocenters. The molecule has 2 aromatic carbocycles. The second-order valence-corrected chi connectivity index (χ2v) is 6.30. The van der Waals surface area contributed by atoms with Crippen LogP contribution in [0.15, 0.2) is 54.6 Å². The molecule has 1 N–H and O–H groups in total. The van der Waals surface area contributed by atoms with Crippen molar-refractivity contribution in [1.82, 2.24) is 4.90 Å². The highest BCUT2D eigenvalue weighted by atomic mass is 16.5. The van der Waals surface area contributed by atoms with E-state index in [1.165, 1.54) is 16.7 Å². The van der Waals surface area contributed by atoms with Crippen LogP contribution in [0.25, 0.3) is 11.1 Å². The number of nitrogens with zero attached hydrogens (tertiary/aromatic N) is 1. The zero-order chi connectivity index (χ0) is 16.7. The van der Waals surface area contributed by atoms with Crippen molar-refractivity contribution in [3.63, 3.8) is 0 Å². The molecule has 0 unspecified atom stereocenters. The van der Waals surface area contributed by atoms with Crippen molar-refractivity contribution < 1.29 is 9.84 Å². The summed E-state index contributed by atoms with van der Waals surface area (Å²) in [6.45, 7) is 5.76. The maximum atomic E-state index is 9.97. The predicted octanol–water partition coefficient (Wildman–Crippen LogP) is 3.57. The van der Waals surface area contributed by atoms with Gasteiger partial charge < -0.3 is 9.84 Å². The van der Waals surface area contributed by atoms with Gasteiger partial charge in [-0.3, -0.25) is 4.90 Å². The number of ether oxygens (including phenoxy) is 1. The lowest BCUT2D eigenvalue weighted by molar-refractivity contribution is -0.00634. The zero-order valence-electron chi connectivity index (χ0n) is 14.3. The van der Waals surface area contributed by atoms with Gasteiger partial charge in [-0.25, -0.2) is 0 Å². The fourth-order valence-corrected chi connectivity index (χ4v) is 2.53. The molecule has 2 aromatic rings. The van der Waals surface area contributed by atoms with E-state index in [1.54, 1.807) is 0 Å². The Hall–Kier alpha value is -1.68. The van der Waals surface area contributed by atoms with Crippen LogP contribution in [0.2, 0.25) is 0 Å². The molecule has 0 amide bonds. The van der Waals surface area contributed by atoms with Crippen LogP contribution in [0.1, 0.15) is 19.4 Å². The molecule has 0 aromatic heterocycles. The smallest absolute Gasteiger partial charge is 0.0900 e. The molecule has 0 saturated carbocycles. The van der Waals surface area contributed by atoms with E-state index in [0.29, 0.717) is 13.2 Å². The van der Waals surface area contributed by atoms with Gasteiger partial charge in [-0.15, -0.1) is 0 Å². The minimum atomic E-state index is -0.453. The zero-order valence-corrected chi connectivity index (χ0v) is 14.3. The number of aliphatic hydroxyl groups excluding tert-OH is 1. The standard InChI is InChI=1S/C20H27NO2/c1-16(2)23-15-20(22)14-21(3)13-17-9-11-19(12-10-17)18-7-5-4-6-8-18/h4-12,16,20,22H,13-15H2,1-3H3/t20-/m1/s1. The van der Waals surface area contributed by atoms with Gasteiger partial charge in [0.1, 0.15) is 0 Å². The molecule has 0 saturated heterocycles. The first-order valence-corrected chi connectivity index (χ1v) is 8.17. The van der Waals surface area contributed by atoms with Crippen LogP contribution < -0.4 is 0 Å². The molecule has 0 spiro atoms. The molecule has 124 valence electrons. The van der Waals surface area contributed by atoms with Crippen LogP contribution in [0.5, 0.6) is 0 Å². The van der Waals surface area contributed by atoms with Crippen molar-refractivity contribution >= 4 is 0 Å². The summed E-state index contributed by atoms with van der Waals surface area (Å²) in [6, 6.07) is 19.0. The van der Waals surface area contributed by atoms with Crippen molar-refractivity contribution in [1.29, 1.82) is 0 Å². The number of benzene rings is 2. The molecule has 0 aliphatic rings. The van der Waals surface area contributed by atoms with E-state index in [4.69, 9.17) is 4.74 Å². The van der Waals surface area contributed by atoms with Crippen LogP contribution in [0.3, 0.4) is 0 Å². The van der Waals surface area contributed by atoms with Crippen LogP contribution in [-0.2, 0) is 11.3 Å². The van der Waals surface area contributed by atoms with E-state index in [9.17, 15) is 5.11 Å². The van der Waals surface area contributed by atoms with Gasteiger partial charge in [0, 0.05) is 13.1 Å². The van der Waals surface area contributed by atoms with Crippen molar-refractivity contribution in [3.8, 4) is 11.1 Å². The van der Waals surface area contributed by atoms with Gasteiger partial charge >= 0.3 is 0 Å². The first-order valence-electron chi connectivity index (χ1n) is 8.17. The maximum absolute atomic E-state index is 9.97. The predicted molar refractivity (Wildman–Crippen MR) is 95.3 cm³/mol. The van der Waals surface area contributed by atoms with E-state index in [2.05, 4.69) is 53.4 Å². The molecular weight excluding hydrogens is 286 g/mol. The van der Waals surface area contributed by atoms with Crippen molar-refractivity contribution in [2.45, 2.75) is 32.6 Å². The van der Waals surface area contributed by atoms with Gasteiger partial charge in [0.25, 0.3) is 0 Å². The van der Waals surface area contributed by atoms with Crippen LogP contribution in [-0.4, -0.2) is 42.4 Å². The summed E-state index contributed by atoms with van der Waals surface area (Å²) in [6.07, 6.45) is -0.300. The molecule has 3 nitrogen and oxygen atoms in total. The van der Waals surface area contributed by atoms with E-state index >= 15 is 0 Å². The number of hydrogen-bond acceptors (Lipinski definition) is 3. The van der Waals surface area contributed by atoms with Gasteiger partial charge in [0.2, 0.25) is 0 Å². The van der Waals surface area contributed by atoms with Gasteiger partial charge in [0.05, 0.1) is 18.8 Å². The Labute approximate surface area is 139 Å². The molecule has 2 rings (SSSR count). The topological polar surface area (TPSA) is 32.7 Å². The second-order valence-electron chi connectivity index (χ2n) is 6.30. The molecule has 0 aliphatic heterocycles. The summed E-state index contributed by atoms with van der Waals surface area (Å²) in [7, 11) is 2.02. The Bertz CT molecular complexity index is 566. The Morgan fingerprint density at radius 2 is 1.57 bits per heavy atom. The van der Waals surface area contributed by atoms with Crippen molar-refractivity contribution in [2.24, 2.45) is 0 Å². The molecule has 0 heterocycles. The van der Waals surface area contributed by atoms with Crippen LogP contribution in [0.4, 0.5) is 0 Å². The highest BCUT2D eigenvalue weighted by molar-refractivity contribution is 5.63. The fraction of sp³-hybridized carbons (Fsp3) is 0.400. The molecule has 0 bridgehead atoms. The molecular formula is C20H27NO2. The van der Waals surface area contributed by atoms with Crippen LogP contribution >= 0.6 is 0 Å². The molecule has 0 aliphatic carbocycles. The number of aliphatic hydroxyl groups is 1. The van der Waals surface area contributed by atoms with Gasteiger partial charge in [-0.05, 0) is 37.6 Å². The highest BCUT2D eigenvalue weighted by Gasteiger charge is 2.10. The normalized spacial score (nSPS) is 12.8. The second kappa shape index (κ2) is 8.82. The summed E-state index contributed by atoms with van der Waals surface area (Å²) in [5.74, 6) is 0. The Morgan fingerprint density at radius 3 is 2.17 bits per heavy atom. The van der Waals surface area contributed by atoms with Crippen molar-refractivity contribution in [3.05, 3.63) is 60.2 Å². The summed E-state index contributed by atoms with van der Waals surface area (Å²) in [5.41, 5.74) is 3.69. The monoisotopic (exact) mass is 313 g/mol. The van der Waals surface area contributed by atoms with Crippen LogP contribution in [0, 0.1) is 0 Å². The van der Waals surface area contributed by atoms with E-state index in [1.807, 2.05) is 27.0 Å². The lowest BCUT2D eigenvalue weighted by Crippen LogP contribution is -2.32. The number of hydrogen-bond donors (Lipinski definition) is 1. The first-order chi connectivity index (χ1) is 11.0. The summed E-state index contributed by atoms with van der Waals surface area (Å²) < 4.78 is 5.44. The SMILES string of the molecule is CC(C)OC[C@H](O)CN(C)Cc1ccc(-c2ccccc2)cc1. The lowest BCUT2D eigenvalue weighted by Gasteiger charge is -2.21. The molecule has 3 heteroatoms. The van der Waals surface area contributed by atoms with E-state index in [-0.39, 0.29) is 6.10 Å². The average Bonchev–Trinajstić information content (AvgIpc) is 2.54. The summed E-state index contributed by atoms with van der Waals surface area (Å²) in [4.78, 5) is 2.12. The van der Waals surface area contributed by atoms with E-state index < -0.39 is 6.10 Å². The Morgan fingerprint density at radius 1 is 0.957 bits per heavy atom. The number of likely N-dealkylation sites (N-methyl/N-ethyl adjacent to an activating group) is 1. The van der Waals surface area contributed by atoms with Gasteiger partial charge in [-0.2, -0.15) is 0 Å². The van der Waals surface area contributed by atoms with Gasteiger partial charge in [-0.1, -0.05) is 54.6 Å². The Balaban J connectivity index is 1.85. The lowest BCUT2D eigenvalue weighted by atomic mass is 10.0. The highest BCUT2D eigenvalue weighted by Crippen LogP contribution is 2.19. The minimum absolute atomic E-state index is 0.153. The summed E-state index contributed by atoms with van der Waals surface area (Å²) in [5, 5.41) is 9.97. The van der Waals surface area contributed by atoms with Crippen molar-refractivity contribution in [2.75, 3.05) is 20.2 Å². The largest absolute Gasteiger partial charge is 0.389 e. The minimum Gasteiger partial charge on any atom is -0.389 e. The third kappa shape index (κ3) is 6.14. The van der Waals surface area contributed by atoms with Gasteiger partial charge in [0.15, 0.2) is 0 Å². The average molecular weight is 313 g/mol.